The van der Waals surface area contributed by atoms with Gasteiger partial charge in [0.1, 0.15) is 5.69 Å². The molecule has 0 saturated carbocycles. The second-order valence-electron chi connectivity index (χ2n) is 2.18. The average molecular weight is 265 g/mol. The van der Waals surface area contributed by atoms with E-state index in [0.29, 0.717) is 15.3 Å². The lowest BCUT2D eigenvalue weighted by Crippen LogP contribution is -2.05. The summed E-state index contributed by atoms with van der Waals surface area (Å²) in [6.45, 7) is 0. The highest BCUT2D eigenvalue weighted by Gasteiger charge is 2.13. The van der Waals surface area contributed by atoms with Crippen LogP contribution in [0.3, 0.4) is 0 Å². The first-order chi connectivity index (χ1) is 6.19. The SMILES string of the molecule is CO[C@@H](O)c1nc(SC)ncc1Br. The third-order valence-corrected chi connectivity index (χ3v) is 2.56. The zero-order valence-corrected chi connectivity index (χ0v) is 9.59. The van der Waals surface area contributed by atoms with Gasteiger partial charge in [-0.3, -0.25) is 0 Å². The predicted molar refractivity (Wildman–Crippen MR) is 53.5 cm³/mol. The minimum Gasteiger partial charge on any atom is -0.363 e. The molecule has 0 fully saturated rings. The second-order valence-corrected chi connectivity index (χ2v) is 3.81. The number of ether oxygens (including phenoxy) is 1. The number of aromatic nitrogens is 2. The van der Waals surface area contributed by atoms with Crippen molar-refractivity contribution >= 4 is 27.7 Å². The fourth-order valence-corrected chi connectivity index (χ4v) is 1.48. The standard InChI is InChI=1S/C7H9BrN2O2S/c1-12-6(11)5-4(8)3-9-7(10-5)13-2/h3,6,11H,1-2H3/t6-/m1/s1. The average Bonchev–Trinajstić information content (AvgIpc) is 2.17. The van der Waals surface area contributed by atoms with Gasteiger partial charge in [0, 0.05) is 13.3 Å². The maximum absolute atomic E-state index is 9.38. The molecule has 0 aliphatic heterocycles. The highest BCUT2D eigenvalue weighted by molar-refractivity contribution is 9.10. The van der Waals surface area contributed by atoms with Crippen LogP contribution in [0.2, 0.25) is 0 Å². The van der Waals surface area contributed by atoms with Gasteiger partial charge in [-0.1, -0.05) is 11.8 Å². The molecule has 1 heterocycles. The van der Waals surface area contributed by atoms with Crippen molar-refractivity contribution in [3.8, 4) is 0 Å². The summed E-state index contributed by atoms with van der Waals surface area (Å²) >= 11 is 4.64. The Morgan fingerprint density at radius 2 is 2.38 bits per heavy atom. The maximum atomic E-state index is 9.38. The summed E-state index contributed by atoms with van der Waals surface area (Å²) in [5.74, 6) is 0. The molecule has 0 spiro atoms. The van der Waals surface area contributed by atoms with Crippen LogP contribution in [0.15, 0.2) is 15.8 Å². The first-order valence-corrected chi connectivity index (χ1v) is 5.48. The number of hydrogen-bond acceptors (Lipinski definition) is 5. The molecule has 0 aliphatic carbocycles. The number of nitrogens with zero attached hydrogens (tertiary/aromatic N) is 2. The van der Waals surface area contributed by atoms with Gasteiger partial charge in [-0.25, -0.2) is 9.97 Å². The summed E-state index contributed by atoms with van der Waals surface area (Å²) in [5.41, 5.74) is 0.446. The van der Waals surface area contributed by atoms with Gasteiger partial charge in [0.15, 0.2) is 11.4 Å². The van der Waals surface area contributed by atoms with E-state index >= 15 is 0 Å². The van der Waals surface area contributed by atoms with Crippen LogP contribution in [0.1, 0.15) is 12.0 Å². The summed E-state index contributed by atoms with van der Waals surface area (Å²) in [5, 5.41) is 9.98. The molecule has 0 saturated heterocycles. The molecular formula is C7H9BrN2O2S. The molecule has 0 radical (unpaired) electrons. The topological polar surface area (TPSA) is 55.2 Å². The first kappa shape index (κ1) is 10.9. The monoisotopic (exact) mass is 264 g/mol. The molecule has 4 nitrogen and oxygen atoms in total. The van der Waals surface area contributed by atoms with E-state index in [1.54, 1.807) is 6.20 Å². The number of rotatable bonds is 3. The van der Waals surface area contributed by atoms with Crippen LogP contribution in [0, 0.1) is 0 Å². The van der Waals surface area contributed by atoms with Crippen LogP contribution in [0.25, 0.3) is 0 Å². The normalized spacial score (nSPS) is 12.9. The molecule has 0 aromatic carbocycles. The Morgan fingerprint density at radius 1 is 1.69 bits per heavy atom. The van der Waals surface area contributed by atoms with Crippen molar-refractivity contribution < 1.29 is 9.84 Å². The minimum atomic E-state index is -1.01. The third-order valence-electron chi connectivity index (χ3n) is 1.39. The molecule has 0 unspecified atom stereocenters. The van der Waals surface area contributed by atoms with E-state index in [0.717, 1.165) is 0 Å². The molecule has 6 heteroatoms. The molecule has 1 aromatic heterocycles. The number of hydrogen-bond donors (Lipinski definition) is 1. The Kier molecular flexibility index (Phi) is 4.11. The lowest BCUT2D eigenvalue weighted by molar-refractivity contribution is -0.0808. The van der Waals surface area contributed by atoms with Crippen LogP contribution >= 0.6 is 27.7 Å². The minimum absolute atomic E-state index is 0.446. The largest absolute Gasteiger partial charge is 0.363 e. The number of methoxy groups -OCH3 is 1. The van der Waals surface area contributed by atoms with Crippen LogP contribution < -0.4 is 0 Å². The fourth-order valence-electron chi connectivity index (χ4n) is 0.746. The van der Waals surface area contributed by atoms with Crippen molar-refractivity contribution in [2.45, 2.75) is 11.4 Å². The molecule has 0 amide bonds. The molecule has 13 heavy (non-hydrogen) atoms. The van der Waals surface area contributed by atoms with E-state index in [1.165, 1.54) is 18.9 Å². The Balaban J connectivity index is 3.03. The highest BCUT2D eigenvalue weighted by Crippen LogP contribution is 2.22. The molecular weight excluding hydrogens is 256 g/mol. The Bertz CT molecular complexity index is 298. The number of aliphatic hydroxyl groups excluding tert-OH is 1. The van der Waals surface area contributed by atoms with Crippen LogP contribution in [0.4, 0.5) is 0 Å². The van der Waals surface area contributed by atoms with Crippen molar-refractivity contribution in [1.29, 1.82) is 0 Å². The van der Waals surface area contributed by atoms with Crippen molar-refractivity contribution in [1.82, 2.24) is 9.97 Å². The van der Waals surface area contributed by atoms with E-state index in [2.05, 4.69) is 25.9 Å². The smallest absolute Gasteiger partial charge is 0.199 e. The van der Waals surface area contributed by atoms with E-state index in [-0.39, 0.29) is 0 Å². The molecule has 1 N–H and O–H groups in total. The maximum Gasteiger partial charge on any atom is 0.199 e. The number of thioether (sulfide) groups is 1. The Hall–Kier alpha value is -0.170. The number of halogens is 1. The molecule has 0 aliphatic rings. The lowest BCUT2D eigenvalue weighted by atomic mass is 10.4. The first-order valence-electron chi connectivity index (χ1n) is 3.46. The van der Waals surface area contributed by atoms with Gasteiger partial charge in [0.25, 0.3) is 0 Å². The quantitative estimate of drug-likeness (QED) is 0.511. The van der Waals surface area contributed by atoms with Gasteiger partial charge >= 0.3 is 0 Å². The van der Waals surface area contributed by atoms with Crippen molar-refractivity contribution in [2.75, 3.05) is 13.4 Å². The van der Waals surface area contributed by atoms with Gasteiger partial charge in [-0.15, -0.1) is 0 Å². The van der Waals surface area contributed by atoms with Gasteiger partial charge in [-0.05, 0) is 22.2 Å². The van der Waals surface area contributed by atoms with E-state index in [4.69, 9.17) is 4.74 Å². The number of aliphatic hydroxyl groups is 1. The van der Waals surface area contributed by atoms with Crippen LogP contribution in [-0.2, 0) is 4.74 Å². The van der Waals surface area contributed by atoms with E-state index in [9.17, 15) is 5.11 Å². The van der Waals surface area contributed by atoms with Gasteiger partial charge < -0.3 is 9.84 Å². The van der Waals surface area contributed by atoms with Gasteiger partial charge in [-0.2, -0.15) is 0 Å². The fraction of sp³-hybridized carbons (Fsp3) is 0.429. The summed E-state index contributed by atoms with van der Waals surface area (Å²) < 4.78 is 5.38. The molecule has 1 atom stereocenters. The Labute approximate surface area is 88.9 Å². The Morgan fingerprint density at radius 3 is 2.92 bits per heavy atom. The highest BCUT2D eigenvalue weighted by atomic mass is 79.9. The second kappa shape index (κ2) is 4.90. The van der Waals surface area contributed by atoms with E-state index in [1.807, 2.05) is 6.26 Å². The van der Waals surface area contributed by atoms with Crippen molar-refractivity contribution in [3.05, 3.63) is 16.4 Å². The zero-order valence-electron chi connectivity index (χ0n) is 7.19. The van der Waals surface area contributed by atoms with Gasteiger partial charge in [0.05, 0.1) is 4.47 Å². The molecule has 0 bridgehead atoms. The van der Waals surface area contributed by atoms with Gasteiger partial charge in [0.2, 0.25) is 0 Å². The molecule has 72 valence electrons. The van der Waals surface area contributed by atoms with Crippen molar-refractivity contribution in [2.24, 2.45) is 0 Å². The van der Waals surface area contributed by atoms with E-state index < -0.39 is 6.29 Å². The molecule has 1 aromatic rings. The summed E-state index contributed by atoms with van der Waals surface area (Å²) in [6, 6.07) is 0. The van der Waals surface area contributed by atoms with Crippen LogP contribution in [0.5, 0.6) is 0 Å². The lowest BCUT2D eigenvalue weighted by Gasteiger charge is -2.09. The van der Waals surface area contributed by atoms with Crippen LogP contribution in [-0.4, -0.2) is 28.4 Å². The summed E-state index contributed by atoms with van der Waals surface area (Å²) in [7, 11) is 1.41. The van der Waals surface area contributed by atoms with Crippen molar-refractivity contribution in [3.63, 3.8) is 0 Å². The predicted octanol–water partition coefficient (Wildman–Crippen LogP) is 1.60. The summed E-state index contributed by atoms with van der Waals surface area (Å²) in [4.78, 5) is 8.10. The zero-order chi connectivity index (χ0) is 9.84. The molecule has 1 rings (SSSR count). The summed E-state index contributed by atoms with van der Waals surface area (Å²) in [6.07, 6.45) is 2.45. The third kappa shape index (κ3) is 2.63.